The fourth-order valence-corrected chi connectivity index (χ4v) is 3.67. The molecule has 0 aromatic heterocycles. The number of hydrogen-bond acceptors (Lipinski definition) is 4. The van der Waals surface area contributed by atoms with Crippen molar-refractivity contribution in [1.29, 1.82) is 0 Å². The zero-order chi connectivity index (χ0) is 18.1. The summed E-state index contributed by atoms with van der Waals surface area (Å²) in [5.74, 6) is -0.274. The number of anilines is 2. The van der Waals surface area contributed by atoms with Crippen LogP contribution in [-0.2, 0) is 9.53 Å². The average Bonchev–Trinajstić information content (AvgIpc) is 3.01. The minimum absolute atomic E-state index is 0.0508. The topological polar surface area (TPSA) is 55.6 Å². The summed E-state index contributed by atoms with van der Waals surface area (Å²) in [4.78, 5) is 14.2. The summed E-state index contributed by atoms with van der Waals surface area (Å²) in [6.07, 6.45) is 0. The molecule has 0 saturated carbocycles. The number of fused-ring (bicyclic) bond motifs is 3. The van der Waals surface area contributed by atoms with E-state index < -0.39 is 0 Å². The molecule has 0 spiro atoms. The molecule has 0 unspecified atom stereocenters. The first kappa shape index (κ1) is 16.2. The van der Waals surface area contributed by atoms with Crippen molar-refractivity contribution >= 4 is 17.3 Å². The van der Waals surface area contributed by atoms with Gasteiger partial charge in [0.15, 0.2) is 0 Å². The molecular formula is C22H20N2O2. The van der Waals surface area contributed by atoms with E-state index in [0.717, 1.165) is 5.69 Å². The van der Waals surface area contributed by atoms with E-state index in [0.29, 0.717) is 5.69 Å². The Kier molecular flexibility index (Phi) is 4.09. The van der Waals surface area contributed by atoms with Crippen molar-refractivity contribution in [1.82, 2.24) is 0 Å². The Bertz CT molecular complexity index is 905. The Morgan fingerprint density at radius 1 is 0.923 bits per heavy atom. The number of rotatable bonds is 4. The highest BCUT2D eigenvalue weighted by Crippen LogP contribution is 2.47. The molecule has 3 aromatic carbocycles. The highest BCUT2D eigenvalue weighted by atomic mass is 16.5. The summed E-state index contributed by atoms with van der Waals surface area (Å²) in [7, 11) is 1.42. The van der Waals surface area contributed by atoms with Gasteiger partial charge in [0, 0.05) is 11.4 Å². The zero-order valence-electron chi connectivity index (χ0n) is 14.6. The van der Waals surface area contributed by atoms with Gasteiger partial charge in [0.2, 0.25) is 0 Å². The number of methoxy groups -OCH3 is 1. The van der Waals surface area contributed by atoms with E-state index in [1.165, 1.54) is 29.4 Å². The monoisotopic (exact) mass is 344 g/mol. The molecule has 0 heterocycles. The third-order valence-corrected chi connectivity index (χ3v) is 4.86. The van der Waals surface area contributed by atoms with Crippen LogP contribution in [-0.4, -0.2) is 19.6 Å². The van der Waals surface area contributed by atoms with Crippen LogP contribution in [0.2, 0.25) is 0 Å². The van der Waals surface area contributed by atoms with Gasteiger partial charge in [0.25, 0.3) is 0 Å². The van der Waals surface area contributed by atoms with Gasteiger partial charge in [-0.1, -0.05) is 48.5 Å². The third-order valence-electron chi connectivity index (χ3n) is 4.86. The lowest BCUT2D eigenvalue weighted by molar-refractivity contribution is -0.139. The lowest BCUT2D eigenvalue weighted by Crippen LogP contribution is -2.34. The molecule has 0 bridgehead atoms. The molecule has 4 nitrogen and oxygen atoms in total. The van der Waals surface area contributed by atoms with E-state index in [4.69, 9.17) is 10.5 Å². The van der Waals surface area contributed by atoms with Crippen molar-refractivity contribution in [3.63, 3.8) is 0 Å². The minimum atomic E-state index is -0.274. The highest BCUT2D eigenvalue weighted by molar-refractivity contribution is 5.83. The Morgan fingerprint density at radius 3 is 2.00 bits per heavy atom. The number of carbonyl (C=O) groups excluding carboxylic acids is 1. The van der Waals surface area contributed by atoms with Crippen LogP contribution in [0.5, 0.6) is 0 Å². The van der Waals surface area contributed by atoms with E-state index in [1.54, 1.807) is 0 Å². The molecule has 0 atom stereocenters. The number of nitrogens with two attached hydrogens (primary N) is 1. The Balaban J connectivity index is 1.87. The van der Waals surface area contributed by atoms with Gasteiger partial charge in [0.05, 0.1) is 13.2 Å². The van der Waals surface area contributed by atoms with Crippen molar-refractivity contribution in [2.45, 2.75) is 6.04 Å². The van der Waals surface area contributed by atoms with Gasteiger partial charge in [-0.25, -0.2) is 0 Å². The lowest BCUT2D eigenvalue weighted by Gasteiger charge is -2.31. The van der Waals surface area contributed by atoms with Gasteiger partial charge in [-0.3, -0.25) is 4.79 Å². The number of hydrogen-bond donors (Lipinski definition) is 1. The molecule has 4 heteroatoms. The van der Waals surface area contributed by atoms with Gasteiger partial charge in [-0.05, 0) is 46.5 Å². The molecule has 0 saturated heterocycles. The first-order valence-corrected chi connectivity index (χ1v) is 8.56. The van der Waals surface area contributed by atoms with E-state index >= 15 is 0 Å². The Hall–Kier alpha value is -3.27. The van der Waals surface area contributed by atoms with Crippen LogP contribution in [0, 0.1) is 0 Å². The number of esters is 1. The molecule has 26 heavy (non-hydrogen) atoms. The summed E-state index contributed by atoms with van der Waals surface area (Å²) in [5.41, 5.74) is 12.3. The van der Waals surface area contributed by atoms with Crippen LogP contribution in [0.1, 0.15) is 17.2 Å². The number of carbonyl (C=O) groups is 1. The van der Waals surface area contributed by atoms with Crippen LogP contribution < -0.4 is 10.6 Å². The fraction of sp³-hybridized carbons (Fsp3) is 0.136. The van der Waals surface area contributed by atoms with Gasteiger partial charge < -0.3 is 15.4 Å². The predicted octanol–water partition coefficient (Wildman–Crippen LogP) is 4.02. The Morgan fingerprint density at radius 2 is 1.46 bits per heavy atom. The van der Waals surface area contributed by atoms with E-state index in [9.17, 15) is 4.79 Å². The van der Waals surface area contributed by atoms with Crippen molar-refractivity contribution < 1.29 is 9.53 Å². The summed E-state index contributed by atoms with van der Waals surface area (Å²) < 4.78 is 4.96. The first-order valence-electron chi connectivity index (χ1n) is 8.56. The molecule has 0 aliphatic heterocycles. The standard InChI is InChI=1S/C22H20N2O2/c1-26-21(25)14-24(16-12-10-15(23)11-13-16)22-19-8-4-2-6-17(19)18-7-3-5-9-20(18)22/h2-13,22H,14,23H2,1H3. The maximum absolute atomic E-state index is 12.2. The smallest absolute Gasteiger partial charge is 0.325 e. The van der Waals surface area contributed by atoms with Crippen LogP contribution in [0.15, 0.2) is 72.8 Å². The number of benzene rings is 3. The first-order chi connectivity index (χ1) is 12.7. The largest absolute Gasteiger partial charge is 0.468 e. The molecule has 4 rings (SSSR count). The van der Waals surface area contributed by atoms with Crippen molar-refractivity contribution in [2.75, 3.05) is 24.3 Å². The normalized spacial score (nSPS) is 12.3. The zero-order valence-corrected chi connectivity index (χ0v) is 14.6. The summed E-state index contributed by atoms with van der Waals surface area (Å²) in [6, 6.07) is 24.2. The molecule has 130 valence electrons. The van der Waals surface area contributed by atoms with Crippen molar-refractivity contribution in [3.8, 4) is 11.1 Å². The maximum atomic E-state index is 12.2. The number of ether oxygens (including phenoxy) is 1. The molecular weight excluding hydrogens is 324 g/mol. The SMILES string of the molecule is COC(=O)CN(c1ccc(N)cc1)C1c2ccccc2-c2ccccc21. The van der Waals surface area contributed by atoms with Crippen LogP contribution in [0.25, 0.3) is 11.1 Å². The van der Waals surface area contributed by atoms with E-state index in [2.05, 4.69) is 29.2 Å². The van der Waals surface area contributed by atoms with Crippen LogP contribution in [0.3, 0.4) is 0 Å². The second-order valence-electron chi connectivity index (χ2n) is 6.37. The highest BCUT2D eigenvalue weighted by Gasteiger charge is 2.33. The van der Waals surface area contributed by atoms with E-state index in [1.807, 2.05) is 48.5 Å². The minimum Gasteiger partial charge on any atom is -0.468 e. The average molecular weight is 344 g/mol. The molecule has 3 aromatic rings. The number of nitrogens with zero attached hydrogens (tertiary/aromatic N) is 1. The predicted molar refractivity (Wildman–Crippen MR) is 104 cm³/mol. The summed E-state index contributed by atoms with van der Waals surface area (Å²) >= 11 is 0. The van der Waals surface area contributed by atoms with Crippen LogP contribution >= 0.6 is 0 Å². The Labute approximate surface area is 152 Å². The van der Waals surface area contributed by atoms with Crippen molar-refractivity contribution in [2.24, 2.45) is 0 Å². The molecule has 1 aliphatic carbocycles. The summed E-state index contributed by atoms with van der Waals surface area (Å²) in [5, 5.41) is 0. The van der Waals surface area contributed by atoms with Gasteiger partial charge in [0.1, 0.15) is 6.54 Å². The second kappa shape index (κ2) is 6.56. The lowest BCUT2D eigenvalue weighted by atomic mass is 10.0. The van der Waals surface area contributed by atoms with Crippen LogP contribution in [0.4, 0.5) is 11.4 Å². The quantitative estimate of drug-likeness (QED) is 0.574. The second-order valence-corrected chi connectivity index (χ2v) is 6.37. The van der Waals surface area contributed by atoms with Crippen molar-refractivity contribution in [3.05, 3.63) is 83.9 Å². The maximum Gasteiger partial charge on any atom is 0.325 e. The third kappa shape index (κ3) is 2.69. The number of nitrogen functional groups attached to an aromatic ring is 1. The molecule has 2 N–H and O–H groups in total. The van der Waals surface area contributed by atoms with E-state index in [-0.39, 0.29) is 18.6 Å². The van der Waals surface area contributed by atoms with Gasteiger partial charge in [-0.2, -0.15) is 0 Å². The summed E-state index contributed by atoms with van der Waals surface area (Å²) in [6.45, 7) is 0.160. The molecule has 0 radical (unpaired) electrons. The molecule has 0 fully saturated rings. The van der Waals surface area contributed by atoms with Gasteiger partial charge in [-0.15, -0.1) is 0 Å². The molecule has 0 amide bonds. The fourth-order valence-electron chi connectivity index (χ4n) is 3.67. The van der Waals surface area contributed by atoms with Gasteiger partial charge >= 0.3 is 5.97 Å². The molecule has 1 aliphatic rings.